The molecule has 9 nitrogen and oxygen atoms in total. The summed E-state index contributed by atoms with van der Waals surface area (Å²) >= 11 is 0. The number of fused-ring (bicyclic) bond motifs is 1. The van der Waals surface area contributed by atoms with E-state index in [1.165, 1.54) is 0 Å². The Morgan fingerprint density at radius 2 is 1.65 bits per heavy atom. The van der Waals surface area contributed by atoms with Crippen LogP contribution in [0.2, 0.25) is 0 Å². The molecule has 3 aromatic carbocycles. The van der Waals surface area contributed by atoms with Gasteiger partial charge in [-0.15, -0.1) is 0 Å². The van der Waals surface area contributed by atoms with Crippen molar-refractivity contribution in [2.75, 3.05) is 36.3 Å². The van der Waals surface area contributed by atoms with Crippen LogP contribution in [0.15, 0.2) is 89.7 Å². The molecule has 9 heteroatoms. The Hall–Kier alpha value is -4.34. The second-order valence-electron chi connectivity index (χ2n) is 10.5. The van der Waals surface area contributed by atoms with Gasteiger partial charge in [0.15, 0.2) is 5.82 Å². The van der Waals surface area contributed by atoms with E-state index in [9.17, 15) is 9.90 Å². The fourth-order valence-corrected chi connectivity index (χ4v) is 6.15. The van der Waals surface area contributed by atoms with Crippen LogP contribution >= 0.6 is 0 Å². The molecule has 1 fully saturated rings. The molecule has 5 N–H and O–H groups in total. The van der Waals surface area contributed by atoms with E-state index in [1.807, 2.05) is 65.6 Å². The highest BCUT2D eigenvalue weighted by Crippen LogP contribution is 2.46. The number of aliphatic hydroxyl groups excluding tert-OH is 1. The lowest BCUT2D eigenvalue weighted by atomic mass is 9.79. The number of hydrogen-bond acceptors (Lipinski definition) is 8. The second-order valence-corrected chi connectivity index (χ2v) is 10.5. The molecule has 4 aromatic rings. The molecule has 1 saturated carbocycles. The normalized spacial score (nSPS) is 20.2. The van der Waals surface area contributed by atoms with E-state index in [4.69, 9.17) is 15.2 Å². The molecule has 0 bridgehead atoms. The van der Waals surface area contributed by atoms with Crippen LogP contribution in [0.3, 0.4) is 0 Å². The van der Waals surface area contributed by atoms with Gasteiger partial charge in [0.1, 0.15) is 17.0 Å². The maximum Gasteiger partial charge on any atom is 0.277 e. The standard InChI is InChI=1S/C31H33N5O4/c1-39-25-14-12-23(13-15-25)31(21-8-4-2-5-9-21,22-10-6-3-7-11-22)40-19-30(17-16-24(37)18-30)36-20-33-26-27(36)34-29(32)35-28(26)38/h2-15,24,33,37H,16-20H2,1H3,(H3,32,34,35,38)/t24-,30+/m0/s1. The van der Waals surface area contributed by atoms with Gasteiger partial charge in [-0.25, -0.2) is 0 Å². The SMILES string of the molecule is COc1ccc(C(OC[C@@]2(N3CNc4c3nc(N)[nH]c4=O)CC[C@H](O)C2)(c2ccccc2)c2ccccc2)cc1. The zero-order valence-corrected chi connectivity index (χ0v) is 22.3. The van der Waals surface area contributed by atoms with Crippen molar-refractivity contribution in [1.82, 2.24) is 9.97 Å². The summed E-state index contributed by atoms with van der Waals surface area (Å²) in [5.41, 5.74) is 7.29. The van der Waals surface area contributed by atoms with Crippen LogP contribution in [0.25, 0.3) is 0 Å². The molecule has 1 aliphatic carbocycles. The molecule has 6 rings (SSSR count). The monoisotopic (exact) mass is 539 g/mol. The van der Waals surface area contributed by atoms with E-state index in [2.05, 4.69) is 39.6 Å². The Morgan fingerprint density at radius 1 is 1.02 bits per heavy atom. The molecular weight excluding hydrogens is 506 g/mol. The fraction of sp³-hybridized carbons (Fsp3) is 0.290. The lowest BCUT2D eigenvalue weighted by Gasteiger charge is -2.43. The topological polar surface area (TPSA) is 126 Å². The van der Waals surface area contributed by atoms with Crippen LogP contribution in [0, 0.1) is 0 Å². The molecule has 2 aliphatic rings. The number of aromatic nitrogens is 2. The average molecular weight is 540 g/mol. The smallest absolute Gasteiger partial charge is 0.277 e. The summed E-state index contributed by atoms with van der Waals surface area (Å²) < 4.78 is 12.7. The number of methoxy groups -OCH3 is 1. The van der Waals surface area contributed by atoms with Crippen LogP contribution in [-0.2, 0) is 10.3 Å². The minimum absolute atomic E-state index is 0.0493. The van der Waals surface area contributed by atoms with E-state index in [0.717, 1.165) is 22.4 Å². The van der Waals surface area contributed by atoms with Crippen molar-refractivity contribution in [3.63, 3.8) is 0 Å². The molecule has 40 heavy (non-hydrogen) atoms. The van der Waals surface area contributed by atoms with E-state index in [-0.39, 0.29) is 18.1 Å². The van der Waals surface area contributed by atoms with E-state index >= 15 is 0 Å². The van der Waals surface area contributed by atoms with Crippen molar-refractivity contribution in [3.05, 3.63) is 112 Å². The summed E-state index contributed by atoms with van der Waals surface area (Å²) in [7, 11) is 1.65. The Labute approximate surface area is 232 Å². The van der Waals surface area contributed by atoms with Gasteiger partial charge in [-0.1, -0.05) is 72.8 Å². The van der Waals surface area contributed by atoms with Crippen LogP contribution in [0.4, 0.5) is 17.5 Å². The number of nitrogens with zero attached hydrogens (tertiary/aromatic N) is 2. The van der Waals surface area contributed by atoms with Crippen LogP contribution < -0.4 is 26.2 Å². The zero-order chi connectivity index (χ0) is 27.7. The van der Waals surface area contributed by atoms with Crippen molar-refractivity contribution in [2.45, 2.75) is 36.5 Å². The molecule has 2 heterocycles. The van der Waals surface area contributed by atoms with Gasteiger partial charge in [0.25, 0.3) is 5.56 Å². The van der Waals surface area contributed by atoms with Gasteiger partial charge in [-0.2, -0.15) is 4.98 Å². The minimum atomic E-state index is -0.966. The second kappa shape index (κ2) is 10.3. The molecule has 0 amide bonds. The number of ether oxygens (including phenoxy) is 2. The van der Waals surface area contributed by atoms with Gasteiger partial charge in [0.05, 0.1) is 32.0 Å². The van der Waals surface area contributed by atoms with Gasteiger partial charge >= 0.3 is 0 Å². The molecule has 2 atom stereocenters. The van der Waals surface area contributed by atoms with Gasteiger partial charge in [-0.3, -0.25) is 9.78 Å². The first kappa shape index (κ1) is 25.9. The molecule has 0 radical (unpaired) electrons. The molecular formula is C31H33N5O4. The Morgan fingerprint density at radius 3 is 2.23 bits per heavy atom. The third kappa shape index (κ3) is 4.37. The predicted molar refractivity (Wildman–Crippen MR) is 155 cm³/mol. The number of rotatable bonds is 8. The Bertz CT molecular complexity index is 1490. The minimum Gasteiger partial charge on any atom is -0.497 e. The lowest BCUT2D eigenvalue weighted by Crippen LogP contribution is -2.53. The van der Waals surface area contributed by atoms with Crippen LogP contribution in [-0.4, -0.2) is 47.1 Å². The number of hydrogen-bond donors (Lipinski definition) is 4. The lowest BCUT2D eigenvalue weighted by molar-refractivity contribution is -0.0188. The highest BCUT2D eigenvalue weighted by molar-refractivity contribution is 5.72. The molecule has 0 saturated heterocycles. The van der Waals surface area contributed by atoms with Crippen molar-refractivity contribution < 1.29 is 14.6 Å². The largest absolute Gasteiger partial charge is 0.497 e. The molecule has 206 valence electrons. The molecule has 0 unspecified atom stereocenters. The first-order valence-corrected chi connectivity index (χ1v) is 13.4. The molecule has 0 spiro atoms. The van der Waals surface area contributed by atoms with E-state index in [1.54, 1.807) is 7.11 Å². The maximum atomic E-state index is 12.6. The summed E-state index contributed by atoms with van der Waals surface area (Å²) in [4.78, 5) is 21.7. The summed E-state index contributed by atoms with van der Waals surface area (Å²) in [6, 6.07) is 28.2. The molecule has 1 aliphatic heterocycles. The number of nitrogen functional groups attached to an aromatic ring is 1. The highest BCUT2D eigenvalue weighted by atomic mass is 16.5. The summed E-state index contributed by atoms with van der Waals surface area (Å²) in [5.74, 6) is 1.28. The number of H-pyrrole nitrogens is 1. The van der Waals surface area contributed by atoms with Gasteiger partial charge in [0, 0.05) is 0 Å². The quantitative estimate of drug-likeness (QED) is 0.249. The van der Waals surface area contributed by atoms with Crippen LogP contribution in [0.1, 0.15) is 36.0 Å². The van der Waals surface area contributed by atoms with Crippen LogP contribution in [0.5, 0.6) is 5.75 Å². The first-order valence-electron chi connectivity index (χ1n) is 13.4. The van der Waals surface area contributed by atoms with E-state index in [0.29, 0.717) is 37.4 Å². The van der Waals surface area contributed by atoms with Crippen molar-refractivity contribution in [1.29, 1.82) is 0 Å². The number of anilines is 3. The third-order valence-corrected chi connectivity index (χ3v) is 8.13. The Balaban J connectivity index is 1.49. The summed E-state index contributed by atoms with van der Waals surface area (Å²) in [6.45, 7) is 0.618. The number of nitrogens with two attached hydrogens (primary N) is 1. The van der Waals surface area contributed by atoms with Crippen molar-refractivity contribution >= 4 is 17.5 Å². The number of aromatic amines is 1. The molecule has 1 aromatic heterocycles. The number of benzene rings is 3. The predicted octanol–water partition coefficient (Wildman–Crippen LogP) is 3.84. The summed E-state index contributed by atoms with van der Waals surface area (Å²) in [5, 5.41) is 14.0. The van der Waals surface area contributed by atoms with E-state index < -0.39 is 17.2 Å². The number of nitrogens with one attached hydrogen (secondary N) is 2. The van der Waals surface area contributed by atoms with Gasteiger partial charge in [-0.05, 0) is 48.1 Å². The summed E-state index contributed by atoms with van der Waals surface area (Å²) in [6.07, 6.45) is 1.23. The van der Waals surface area contributed by atoms with Gasteiger partial charge < -0.3 is 30.5 Å². The highest BCUT2D eigenvalue weighted by Gasteiger charge is 2.49. The number of aliphatic hydroxyl groups is 1. The first-order chi connectivity index (χ1) is 19.4. The van der Waals surface area contributed by atoms with Crippen molar-refractivity contribution in [2.24, 2.45) is 0 Å². The average Bonchev–Trinajstić information content (AvgIpc) is 3.59. The fourth-order valence-electron chi connectivity index (χ4n) is 6.15. The third-order valence-electron chi connectivity index (χ3n) is 8.13. The van der Waals surface area contributed by atoms with Crippen molar-refractivity contribution in [3.8, 4) is 5.75 Å². The zero-order valence-electron chi connectivity index (χ0n) is 22.3. The van der Waals surface area contributed by atoms with Gasteiger partial charge in [0.2, 0.25) is 5.95 Å². The Kier molecular flexibility index (Phi) is 6.69. The maximum absolute atomic E-state index is 12.6.